The molecule has 1 rings (SSSR count). The maximum absolute atomic E-state index is 10.4. The normalized spacial score (nSPS) is 12.4. The Morgan fingerprint density at radius 3 is 2.62 bits per heavy atom. The van der Waals surface area contributed by atoms with Crippen LogP contribution in [0.2, 0.25) is 0 Å². The maximum Gasteiger partial charge on any atom is 0.404 e. The number of hydrogen-bond donors (Lipinski definition) is 2. The number of rotatable bonds is 5. The van der Waals surface area contributed by atoms with Gasteiger partial charge >= 0.3 is 6.09 Å². The lowest BCUT2D eigenvalue weighted by Crippen LogP contribution is -2.39. The molecule has 88 valence electrons. The first-order valence-corrected chi connectivity index (χ1v) is 5.30. The van der Waals surface area contributed by atoms with Crippen molar-refractivity contribution in [2.24, 2.45) is 0 Å². The monoisotopic (exact) mass is 222 g/mol. The van der Waals surface area contributed by atoms with Crippen LogP contribution in [0.15, 0.2) is 30.3 Å². The van der Waals surface area contributed by atoms with Crippen LogP contribution >= 0.6 is 0 Å². The summed E-state index contributed by atoms with van der Waals surface area (Å²) in [4.78, 5) is 12.5. The van der Waals surface area contributed by atoms with Crippen molar-refractivity contribution in [3.8, 4) is 0 Å². The zero-order chi connectivity index (χ0) is 12.0. The minimum Gasteiger partial charge on any atom is -0.465 e. The standard InChI is InChI=1S/C12H18N2O2/c1-10(13-12(15)16)8-14(2)9-11-6-4-3-5-7-11/h3-7,10,13H,8-9H2,1-2H3,(H,15,16). The van der Waals surface area contributed by atoms with Gasteiger partial charge in [0.05, 0.1) is 0 Å². The molecule has 16 heavy (non-hydrogen) atoms. The van der Waals surface area contributed by atoms with E-state index in [4.69, 9.17) is 5.11 Å². The minimum atomic E-state index is -0.972. The van der Waals surface area contributed by atoms with E-state index in [1.807, 2.05) is 32.2 Å². The summed E-state index contributed by atoms with van der Waals surface area (Å²) in [5, 5.41) is 11.0. The van der Waals surface area contributed by atoms with E-state index in [9.17, 15) is 4.79 Å². The number of nitrogens with one attached hydrogen (secondary N) is 1. The lowest BCUT2D eigenvalue weighted by Gasteiger charge is -2.21. The van der Waals surface area contributed by atoms with Crippen LogP contribution in [0.3, 0.4) is 0 Å². The number of amides is 1. The number of hydrogen-bond acceptors (Lipinski definition) is 2. The first kappa shape index (κ1) is 12.5. The molecule has 0 aromatic heterocycles. The summed E-state index contributed by atoms with van der Waals surface area (Å²) in [5.41, 5.74) is 1.23. The van der Waals surface area contributed by atoms with Crippen molar-refractivity contribution in [2.45, 2.75) is 19.5 Å². The van der Waals surface area contributed by atoms with Gasteiger partial charge in [-0.25, -0.2) is 4.79 Å². The average molecular weight is 222 g/mol. The molecule has 1 aromatic rings. The Balaban J connectivity index is 2.36. The summed E-state index contributed by atoms with van der Waals surface area (Å²) >= 11 is 0. The number of likely N-dealkylation sites (N-methyl/N-ethyl adjacent to an activating group) is 1. The van der Waals surface area contributed by atoms with E-state index in [2.05, 4.69) is 22.3 Å². The van der Waals surface area contributed by atoms with Crippen LogP contribution in [0.1, 0.15) is 12.5 Å². The van der Waals surface area contributed by atoms with Gasteiger partial charge < -0.3 is 15.3 Å². The van der Waals surface area contributed by atoms with Crippen LogP contribution in [0.4, 0.5) is 4.79 Å². The van der Waals surface area contributed by atoms with Gasteiger partial charge in [0, 0.05) is 19.1 Å². The molecule has 0 spiro atoms. The Morgan fingerprint density at radius 1 is 1.44 bits per heavy atom. The Hall–Kier alpha value is -1.55. The summed E-state index contributed by atoms with van der Waals surface area (Å²) in [6, 6.07) is 10.0. The van der Waals surface area contributed by atoms with Crippen LogP contribution < -0.4 is 5.32 Å². The molecule has 0 aliphatic carbocycles. The average Bonchev–Trinajstić information content (AvgIpc) is 2.17. The molecule has 1 amide bonds. The van der Waals surface area contributed by atoms with E-state index in [0.717, 1.165) is 6.54 Å². The first-order chi connectivity index (χ1) is 7.58. The van der Waals surface area contributed by atoms with Gasteiger partial charge in [-0.15, -0.1) is 0 Å². The van der Waals surface area contributed by atoms with Crippen molar-refractivity contribution in [1.82, 2.24) is 10.2 Å². The molecule has 0 aliphatic rings. The molecule has 0 aliphatic heterocycles. The predicted molar refractivity (Wildman–Crippen MR) is 63.4 cm³/mol. The molecule has 1 unspecified atom stereocenters. The summed E-state index contributed by atoms with van der Waals surface area (Å²) in [7, 11) is 1.98. The number of carboxylic acid groups (broad SMARTS) is 1. The summed E-state index contributed by atoms with van der Waals surface area (Å²) in [5.74, 6) is 0. The second-order valence-corrected chi connectivity index (χ2v) is 4.03. The Morgan fingerprint density at radius 2 is 2.06 bits per heavy atom. The third-order valence-electron chi connectivity index (χ3n) is 2.25. The van der Waals surface area contributed by atoms with Crippen molar-refractivity contribution in [3.05, 3.63) is 35.9 Å². The van der Waals surface area contributed by atoms with E-state index in [-0.39, 0.29) is 6.04 Å². The van der Waals surface area contributed by atoms with Crippen molar-refractivity contribution in [2.75, 3.05) is 13.6 Å². The largest absolute Gasteiger partial charge is 0.465 e. The topological polar surface area (TPSA) is 52.6 Å². The van der Waals surface area contributed by atoms with Gasteiger partial charge in [-0.1, -0.05) is 30.3 Å². The second kappa shape index (κ2) is 6.12. The second-order valence-electron chi connectivity index (χ2n) is 4.03. The van der Waals surface area contributed by atoms with Gasteiger partial charge in [-0.05, 0) is 19.5 Å². The molecule has 1 aromatic carbocycles. The number of benzene rings is 1. The molecular formula is C12H18N2O2. The molecule has 0 bridgehead atoms. The minimum absolute atomic E-state index is 0.0637. The first-order valence-electron chi connectivity index (χ1n) is 5.30. The lowest BCUT2D eigenvalue weighted by atomic mass is 10.2. The highest BCUT2D eigenvalue weighted by Crippen LogP contribution is 2.02. The fraction of sp³-hybridized carbons (Fsp3) is 0.417. The van der Waals surface area contributed by atoms with E-state index >= 15 is 0 Å². The molecule has 0 fully saturated rings. The molecule has 4 nitrogen and oxygen atoms in total. The van der Waals surface area contributed by atoms with Crippen LogP contribution in [0.5, 0.6) is 0 Å². The fourth-order valence-corrected chi connectivity index (χ4v) is 1.68. The van der Waals surface area contributed by atoms with Crippen LogP contribution in [-0.2, 0) is 6.54 Å². The van der Waals surface area contributed by atoms with Gasteiger partial charge in [0.2, 0.25) is 0 Å². The lowest BCUT2D eigenvalue weighted by molar-refractivity contribution is 0.186. The molecule has 0 radical (unpaired) electrons. The van der Waals surface area contributed by atoms with Crippen LogP contribution in [0.25, 0.3) is 0 Å². The smallest absolute Gasteiger partial charge is 0.404 e. The number of carbonyl (C=O) groups is 1. The van der Waals surface area contributed by atoms with Crippen LogP contribution in [0, 0.1) is 0 Å². The van der Waals surface area contributed by atoms with Gasteiger partial charge in [0.25, 0.3) is 0 Å². The quantitative estimate of drug-likeness (QED) is 0.798. The van der Waals surface area contributed by atoms with Gasteiger partial charge in [-0.3, -0.25) is 0 Å². The molecule has 0 saturated heterocycles. The Kier molecular flexibility index (Phi) is 4.79. The summed E-state index contributed by atoms with van der Waals surface area (Å²) in [6.07, 6.45) is -0.972. The van der Waals surface area contributed by atoms with E-state index in [0.29, 0.717) is 6.54 Å². The highest BCUT2D eigenvalue weighted by atomic mass is 16.4. The number of nitrogens with zero attached hydrogens (tertiary/aromatic N) is 1. The maximum atomic E-state index is 10.4. The van der Waals surface area contributed by atoms with Gasteiger partial charge in [0.1, 0.15) is 0 Å². The zero-order valence-electron chi connectivity index (χ0n) is 9.68. The third kappa shape index (κ3) is 4.79. The Bertz CT molecular complexity index is 327. The summed E-state index contributed by atoms with van der Waals surface area (Å²) in [6.45, 7) is 3.38. The highest BCUT2D eigenvalue weighted by Gasteiger charge is 2.08. The van der Waals surface area contributed by atoms with Gasteiger partial charge in [-0.2, -0.15) is 0 Å². The highest BCUT2D eigenvalue weighted by molar-refractivity contribution is 5.64. The van der Waals surface area contributed by atoms with Gasteiger partial charge in [0.15, 0.2) is 0 Å². The van der Waals surface area contributed by atoms with Crippen molar-refractivity contribution in [1.29, 1.82) is 0 Å². The third-order valence-corrected chi connectivity index (χ3v) is 2.25. The van der Waals surface area contributed by atoms with E-state index in [1.165, 1.54) is 5.56 Å². The predicted octanol–water partition coefficient (Wildman–Crippen LogP) is 1.77. The molecule has 0 heterocycles. The van der Waals surface area contributed by atoms with Crippen LogP contribution in [-0.4, -0.2) is 35.7 Å². The summed E-state index contributed by atoms with van der Waals surface area (Å²) < 4.78 is 0. The SMILES string of the molecule is CC(CN(C)Cc1ccccc1)NC(=O)O. The van der Waals surface area contributed by atoms with Crippen molar-refractivity contribution < 1.29 is 9.90 Å². The molecule has 4 heteroatoms. The molecule has 0 saturated carbocycles. The van der Waals surface area contributed by atoms with Crippen molar-refractivity contribution in [3.63, 3.8) is 0 Å². The van der Waals surface area contributed by atoms with E-state index in [1.54, 1.807) is 0 Å². The van der Waals surface area contributed by atoms with Crippen molar-refractivity contribution >= 4 is 6.09 Å². The Labute approximate surface area is 95.9 Å². The molecule has 2 N–H and O–H groups in total. The molecule has 1 atom stereocenters. The van der Waals surface area contributed by atoms with E-state index < -0.39 is 6.09 Å². The molecular weight excluding hydrogens is 204 g/mol. The zero-order valence-corrected chi connectivity index (χ0v) is 9.68. The fourth-order valence-electron chi connectivity index (χ4n) is 1.68.